The number of aromatic nitrogens is 1. The van der Waals surface area contributed by atoms with Crippen LogP contribution in [0.4, 0.5) is 10.8 Å². The summed E-state index contributed by atoms with van der Waals surface area (Å²) in [4.78, 5) is 28.3. The van der Waals surface area contributed by atoms with Crippen LogP contribution in [-0.2, 0) is 16.0 Å². The third-order valence-electron chi connectivity index (χ3n) is 3.41. The van der Waals surface area contributed by atoms with Crippen molar-refractivity contribution in [3.05, 3.63) is 83.4 Å². The summed E-state index contributed by atoms with van der Waals surface area (Å²) in [6.45, 7) is 0. The molecule has 0 bridgehead atoms. The summed E-state index contributed by atoms with van der Waals surface area (Å²) in [6.07, 6.45) is 3.34. The number of nitrogens with zero attached hydrogens (tertiary/aromatic N) is 1. The molecule has 6 heteroatoms. The van der Waals surface area contributed by atoms with Crippen LogP contribution in [0.15, 0.2) is 72.1 Å². The minimum absolute atomic E-state index is 0.150. The molecular formula is C20H17N3O2S. The van der Waals surface area contributed by atoms with Gasteiger partial charge in [-0.2, -0.15) is 0 Å². The first-order valence-corrected chi connectivity index (χ1v) is 8.90. The molecule has 0 aliphatic heterocycles. The maximum atomic E-state index is 12.0. The molecule has 0 spiro atoms. The molecule has 1 aromatic heterocycles. The second-order valence-corrected chi connectivity index (χ2v) is 6.33. The number of thiazole rings is 1. The van der Waals surface area contributed by atoms with Crippen LogP contribution in [0.2, 0.25) is 0 Å². The van der Waals surface area contributed by atoms with Crippen LogP contribution in [-0.4, -0.2) is 16.8 Å². The van der Waals surface area contributed by atoms with E-state index in [9.17, 15) is 9.59 Å². The van der Waals surface area contributed by atoms with Crippen LogP contribution < -0.4 is 10.6 Å². The summed E-state index contributed by atoms with van der Waals surface area (Å²) in [7, 11) is 0. The van der Waals surface area contributed by atoms with E-state index in [-0.39, 0.29) is 18.2 Å². The number of hydrogen-bond donors (Lipinski definition) is 2. The molecule has 0 unspecified atom stereocenters. The number of para-hydroxylation sites is 1. The first-order chi connectivity index (χ1) is 12.7. The summed E-state index contributed by atoms with van der Waals surface area (Å²) in [5, 5.41) is 7.74. The number of carbonyl (C=O) groups is 2. The monoisotopic (exact) mass is 363 g/mol. The summed E-state index contributed by atoms with van der Waals surface area (Å²) in [5.41, 5.74) is 2.30. The molecule has 2 N–H and O–H groups in total. The van der Waals surface area contributed by atoms with Crippen LogP contribution in [0.5, 0.6) is 0 Å². The van der Waals surface area contributed by atoms with Gasteiger partial charge >= 0.3 is 0 Å². The molecule has 1 heterocycles. The molecular weight excluding hydrogens is 346 g/mol. The number of hydrogen-bond acceptors (Lipinski definition) is 4. The number of rotatable bonds is 6. The number of carbonyl (C=O) groups excluding carboxylic acids is 2. The molecule has 0 saturated carbocycles. The molecule has 2 amide bonds. The topological polar surface area (TPSA) is 71.1 Å². The summed E-state index contributed by atoms with van der Waals surface area (Å²) in [6, 6.07) is 18.8. The van der Waals surface area contributed by atoms with Gasteiger partial charge in [0.25, 0.3) is 0 Å². The van der Waals surface area contributed by atoms with Gasteiger partial charge in [0.2, 0.25) is 11.8 Å². The van der Waals surface area contributed by atoms with E-state index in [0.29, 0.717) is 10.8 Å². The molecule has 0 atom stereocenters. The van der Waals surface area contributed by atoms with Crippen LogP contribution in [0.25, 0.3) is 6.08 Å². The lowest BCUT2D eigenvalue weighted by Gasteiger charge is -2.03. The van der Waals surface area contributed by atoms with Gasteiger partial charge < -0.3 is 5.32 Å². The SMILES string of the molecule is O=C(/C=C/c1ccccc1)Nc1nc(CC(=O)Nc2ccccc2)cs1. The molecule has 0 fully saturated rings. The van der Waals surface area contributed by atoms with E-state index in [1.165, 1.54) is 17.4 Å². The molecule has 0 saturated heterocycles. The van der Waals surface area contributed by atoms with Crippen molar-refractivity contribution in [1.82, 2.24) is 4.98 Å². The smallest absolute Gasteiger partial charge is 0.250 e. The molecule has 0 radical (unpaired) electrons. The van der Waals surface area contributed by atoms with Crippen LogP contribution in [0.1, 0.15) is 11.3 Å². The predicted octanol–water partition coefficient (Wildman–Crippen LogP) is 3.98. The van der Waals surface area contributed by atoms with Gasteiger partial charge in [0, 0.05) is 17.1 Å². The summed E-state index contributed by atoms with van der Waals surface area (Å²) < 4.78 is 0. The van der Waals surface area contributed by atoms with Crippen LogP contribution >= 0.6 is 11.3 Å². The van der Waals surface area contributed by atoms with E-state index in [0.717, 1.165) is 11.3 Å². The minimum atomic E-state index is -0.261. The minimum Gasteiger partial charge on any atom is -0.326 e. The maximum Gasteiger partial charge on any atom is 0.250 e. The van der Waals surface area contributed by atoms with Gasteiger partial charge in [-0.1, -0.05) is 48.5 Å². The van der Waals surface area contributed by atoms with Crippen LogP contribution in [0.3, 0.4) is 0 Å². The quantitative estimate of drug-likeness (QED) is 0.651. The highest BCUT2D eigenvalue weighted by atomic mass is 32.1. The van der Waals surface area contributed by atoms with Crippen molar-refractivity contribution < 1.29 is 9.59 Å². The molecule has 26 heavy (non-hydrogen) atoms. The fourth-order valence-corrected chi connectivity index (χ4v) is 2.93. The van der Waals surface area contributed by atoms with Gasteiger partial charge in [-0.3, -0.25) is 14.9 Å². The Labute approximate surface area is 155 Å². The van der Waals surface area contributed by atoms with Crippen LogP contribution in [0, 0.1) is 0 Å². The molecule has 3 rings (SSSR count). The highest BCUT2D eigenvalue weighted by Gasteiger charge is 2.09. The normalized spacial score (nSPS) is 10.6. The second kappa shape index (κ2) is 8.73. The van der Waals surface area contributed by atoms with Crippen molar-refractivity contribution in [2.75, 3.05) is 10.6 Å². The summed E-state index contributed by atoms with van der Waals surface area (Å²) >= 11 is 1.29. The fourth-order valence-electron chi connectivity index (χ4n) is 2.22. The van der Waals surface area contributed by atoms with Gasteiger partial charge in [0.1, 0.15) is 0 Å². The zero-order chi connectivity index (χ0) is 18.2. The van der Waals surface area contributed by atoms with Crippen molar-refractivity contribution >= 4 is 40.0 Å². The van der Waals surface area contributed by atoms with Gasteiger partial charge in [0.05, 0.1) is 12.1 Å². The Morgan fingerprint density at radius 2 is 1.65 bits per heavy atom. The zero-order valence-electron chi connectivity index (χ0n) is 13.9. The first-order valence-electron chi connectivity index (χ1n) is 8.02. The lowest BCUT2D eigenvalue weighted by atomic mass is 10.2. The third-order valence-corrected chi connectivity index (χ3v) is 4.21. The fraction of sp³-hybridized carbons (Fsp3) is 0.0500. The predicted molar refractivity (Wildman–Crippen MR) is 105 cm³/mol. The van der Waals surface area contributed by atoms with Crippen molar-refractivity contribution in [3.8, 4) is 0 Å². The molecule has 0 aliphatic carbocycles. The van der Waals surface area contributed by atoms with Gasteiger partial charge in [-0.15, -0.1) is 11.3 Å². The number of amides is 2. The zero-order valence-corrected chi connectivity index (χ0v) is 14.7. The molecule has 5 nitrogen and oxygen atoms in total. The van der Waals surface area contributed by atoms with Crippen molar-refractivity contribution in [2.45, 2.75) is 6.42 Å². The molecule has 3 aromatic rings. The number of anilines is 2. The average Bonchev–Trinajstić information content (AvgIpc) is 3.08. The standard InChI is InChI=1S/C20H17N3O2S/c24-18(12-11-15-7-3-1-4-8-15)23-20-22-17(14-26-20)13-19(25)21-16-9-5-2-6-10-16/h1-12,14H,13H2,(H,21,25)(H,22,23,24)/b12-11+. The highest BCUT2D eigenvalue weighted by Crippen LogP contribution is 2.16. The van der Waals surface area contributed by atoms with Crippen molar-refractivity contribution in [1.29, 1.82) is 0 Å². The Bertz CT molecular complexity index is 905. The van der Waals surface area contributed by atoms with Gasteiger partial charge in [-0.05, 0) is 23.8 Å². The lowest BCUT2D eigenvalue weighted by molar-refractivity contribution is -0.115. The molecule has 130 valence electrons. The van der Waals surface area contributed by atoms with Crippen molar-refractivity contribution in [3.63, 3.8) is 0 Å². The number of benzene rings is 2. The van der Waals surface area contributed by atoms with E-state index in [1.54, 1.807) is 11.5 Å². The van der Waals surface area contributed by atoms with Crippen molar-refractivity contribution in [2.24, 2.45) is 0 Å². The first kappa shape index (κ1) is 17.6. The van der Waals surface area contributed by atoms with E-state index in [4.69, 9.17) is 0 Å². The Kier molecular flexibility index (Phi) is 5.90. The Morgan fingerprint density at radius 3 is 2.38 bits per heavy atom. The Balaban J connectivity index is 1.52. The largest absolute Gasteiger partial charge is 0.326 e. The number of nitrogens with one attached hydrogen (secondary N) is 2. The van der Waals surface area contributed by atoms with E-state index in [1.807, 2.05) is 60.7 Å². The average molecular weight is 363 g/mol. The van der Waals surface area contributed by atoms with E-state index in [2.05, 4.69) is 15.6 Å². The Hall–Kier alpha value is -3.25. The molecule has 0 aliphatic rings. The van der Waals surface area contributed by atoms with Gasteiger partial charge in [-0.25, -0.2) is 4.98 Å². The summed E-state index contributed by atoms with van der Waals surface area (Å²) in [5.74, 6) is -0.410. The lowest BCUT2D eigenvalue weighted by Crippen LogP contribution is -2.14. The Morgan fingerprint density at radius 1 is 0.962 bits per heavy atom. The highest BCUT2D eigenvalue weighted by molar-refractivity contribution is 7.14. The van der Waals surface area contributed by atoms with E-state index >= 15 is 0 Å². The third kappa shape index (κ3) is 5.39. The van der Waals surface area contributed by atoms with Gasteiger partial charge in [0.15, 0.2) is 5.13 Å². The molecule has 2 aromatic carbocycles. The second-order valence-electron chi connectivity index (χ2n) is 5.47. The van der Waals surface area contributed by atoms with E-state index < -0.39 is 0 Å². The maximum absolute atomic E-state index is 12.0.